The van der Waals surface area contributed by atoms with Gasteiger partial charge < -0.3 is 127 Å². The van der Waals surface area contributed by atoms with Crippen LogP contribution in [0.2, 0.25) is 0 Å². The van der Waals surface area contributed by atoms with Gasteiger partial charge in [0.15, 0.2) is 77.0 Å². The maximum atomic E-state index is 14.5. The number of imidazole rings is 4. The van der Waals surface area contributed by atoms with Crippen molar-refractivity contribution in [3.63, 3.8) is 0 Å². The van der Waals surface area contributed by atoms with E-state index in [2.05, 4.69) is 77.9 Å². The summed E-state index contributed by atoms with van der Waals surface area (Å²) in [4.78, 5) is 168. The molecule has 0 aliphatic carbocycles. The fourth-order valence-electron chi connectivity index (χ4n) is 12.9. The summed E-state index contributed by atoms with van der Waals surface area (Å²) in [7, 11) is -46.8. The van der Waals surface area contributed by atoms with Crippen molar-refractivity contribution >= 4 is 136 Å². The maximum absolute atomic E-state index is 14.5. The molecule has 662 valence electrons. The first-order valence-corrected chi connectivity index (χ1v) is 45.6. The molecule has 64 nitrogen and oxygen atoms in total. The summed E-state index contributed by atoms with van der Waals surface area (Å²) >= 11 is 0. The summed E-state index contributed by atoms with van der Waals surface area (Å²) in [6.45, 7) is -6.62. The molecule has 0 bridgehead atoms. The second-order valence-corrected chi connectivity index (χ2v) is 37.2. The zero-order valence-electron chi connectivity index (χ0n) is 59.7. The van der Waals surface area contributed by atoms with E-state index in [0.717, 1.165) is 81.2 Å². The molecule has 5 saturated heterocycles. The minimum absolute atomic E-state index is 0.0803. The number of fused-ring (bicyclic) bond motifs is 4. The van der Waals surface area contributed by atoms with E-state index < -0.39 is 224 Å². The molecule has 6 unspecified atom stereocenters. The fourth-order valence-corrected chi connectivity index (χ4v) is 20.3. The Morgan fingerprint density at radius 3 is 0.942 bits per heavy atom. The number of nitrogens with two attached hydrogens (primary N) is 5. The molecule has 0 saturated carbocycles. The van der Waals surface area contributed by atoms with Crippen molar-refractivity contribution in [3.05, 3.63) is 73.4 Å². The summed E-state index contributed by atoms with van der Waals surface area (Å²) in [5.41, 5.74) is 27.1. The molecule has 9 aromatic rings. The number of phosphoric acid groups is 8. The van der Waals surface area contributed by atoms with Crippen LogP contribution in [0.15, 0.2) is 67.7 Å². The normalized spacial score (nSPS) is 31.0. The number of rotatable bonds is 34. The molecule has 25 N–H and O–H groups in total. The Balaban J connectivity index is 0.680. The molecule has 0 spiro atoms. The van der Waals surface area contributed by atoms with Crippen LogP contribution in [0.1, 0.15) is 31.1 Å². The fraction of sp³-hybridized carbons (Fsp3) is 0.510. The van der Waals surface area contributed by atoms with Crippen LogP contribution in [0.5, 0.6) is 0 Å². The highest BCUT2D eigenvalue weighted by atomic mass is 31.3. The SMILES string of the molecule is Nc1ccn([C@@H]2O[C@H](COP(=O)(O)O[C@H]3[C@@H](O)[C@H](n4cnc5c(N)ncnc54)O[C@@H]3COP(=O)(O)O[C@@H]3[C@H](O)[C@@H](COP(=O)(O)O[C@@H]4[C@H](O)[C@@H](COP(=O)(O)O[C@@H]5[C@H](O)[C@@H](COP(=O)(O)OP(=O)(O)OP(=O)(O)O)O[C@H]5n5cnc6c(N)ncnc65)O[C@H]4n4cnc5c(N)ncnc54)O[C@H]3n3cnc4c(N)ncnc43)[C@@H](OP(=O)(O)O)[C@H]2O)c(=O)n1. The van der Waals surface area contributed by atoms with Crippen molar-refractivity contribution in [2.24, 2.45) is 0 Å². The number of anilines is 5. The van der Waals surface area contributed by atoms with Gasteiger partial charge in [0.1, 0.15) is 145 Å². The monoisotopic (exact) mass is 1880 g/mol. The van der Waals surface area contributed by atoms with Crippen LogP contribution < -0.4 is 34.4 Å². The van der Waals surface area contributed by atoms with Gasteiger partial charge >= 0.3 is 68.3 Å². The number of aliphatic hydroxyl groups is 5. The molecular formula is C49H65N23O41P8. The van der Waals surface area contributed by atoms with Crippen LogP contribution in [-0.4, -0.2) is 287 Å². The van der Waals surface area contributed by atoms with Crippen LogP contribution in [0, 0.1) is 0 Å². The smallest absolute Gasteiger partial charge is 0.387 e. The number of aliphatic hydroxyl groups excluding tert-OH is 5. The van der Waals surface area contributed by atoms with E-state index >= 15 is 0 Å². The summed E-state index contributed by atoms with van der Waals surface area (Å²) in [6.07, 6.45) is -33.4. The molecule has 14 rings (SSSR count). The van der Waals surface area contributed by atoms with Gasteiger partial charge in [-0.05, 0) is 6.07 Å². The lowest BCUT2D eigenvalue weighted by Gasteiger charge is -2.26. The van der Waals surface area contributed by atoms with E-state index in [9.17, 15) is 106 Å². The molecule has 26 atom stereocenters. The van der Waals surface area contributed by atoms with Gasteiger partial charge in [-0.25, -0.2) is 101 Å². The highest BCUT2D eigenvalue weighted by Gasteiger charge is 2.58. The third-order valence-electron chi connectivity index (χ3n) is 18.0. The molecule has 72 heteroatoms. The van der Waals surface area contributed by atoms with Crippen molar-refractivity contribution < 1.29 is 189 Å². The lowest BCUT2D eigenvalue weighted by molar-refractivity contribution is -0.0664. The van der Waals surface area contributed by atoms with Gasteiger partial charge in [-0.3, -0.25) is 68.1 Å². The van der Waals surface area contributed by atoms with E-state index in [4.69, 9.17) is 103 Å². The van der Waals surface area contributed by atoms with E-state index in [1.165, 1.54) is 0 Å². The molecule has 121 heavy (non-hydrogen) atoms. The Labute approximate surface area is 668 Å². The Morgan fingerprint density at radius 1 is 0.331 bits per heavy atom. The number of hydrogen-bond acceptors (Lipinski definition) is 49. The number of phosphoric ester groups is 6. The molecule has 5 aliphatic heterocycles. The number of aromatic nitrogens is 18. The Morgan fingerprint density at radius 2 is 0.620 bits per heavy atom. The zero-order chi connectivity index (χ0) is 87.3. The molecule has 5 fully saturated rings. The van der Waals surface area contributed by atoms with Gasteiger partial charge in [0.05, 0.1) is 58.3 Å². The van der Waals surface area contributed by atoms with Crippen molar-refractivity contribution in [2.45, 2.75) is 123 Å². The quantitative estimate of drug-likeness (QED) is 0.0167. The number of nitrogen functional groups attached to an aromatic ring is 5. The number of hydrogen-bond donors (Lipinski definition) is 20. The van der Waals surface area contributed by atoms with Gasteiger partial charge in [0.25, 0.3) is 0 Å². The predicted octanol–water partition coefficient (Wildman–Crippen LogP) is -5.36. The predicted molar refractivity (Wildman–Crippen MR) is 381 cm³/mol. The lowest BCUT2D eigenvalue weighted by Crippen LogP contribution is -2.38. The highest BCUT2D eigenvalue weighted by molar-refractivity contribution is 7.66. The first kappa shape index (κ1) is 89.9. The molecule has 0 amide bonds. The van der Waals surface area contributed by atoms with E-state index in [0.29, 0.717) is 4.57 Å². The third-order valence-corrected chi connectivity index (χ3v) is 26.3. The van der Waals surface area contributed by atoms with Gasteiger partial charge in [-0.1, -0.05) is 0 Å². The number of nitrogens with zero attached hydrogens (tertiary/aromatic N) is 18. The molecule has 5 aliphatic rings. The average molecular weight is 1880 g/mol. The minimum atomic E-state index is -6.10. The maximum Gasteiger partial charge on any atom is 0.490 e. The van der Waals surface area contributed by atoms with Gasteiger partial charge in [0.2, 0.25) is 0 Å². The van der Waals surface area contributed by atoms with Crippen molar-refractivity contribution in [3.8, 4) is 0 Å². The van der Waals surface area contributed by atoms with Crippen molar-refractivity contribution in [1.29, 1.82) is 0 Å². The third kappa shape index (κ3) is 19.7. The zero-order valence-corrected chi connectivity index (χ0v) is 66.8. The van der Waals surface area contributed by atoms with Crippen molar-refractivity contribution in [2.75, 3.05) is 61.7 Å². The van der Waals surface area contributed by atoms with Gasteiger partial charge in [-0.2, -0.15) is 13.6 Å². The molecule has 0 aromatic carbocycles. The Bertz CT molecular complexity index is 5850. The second kappa shape index (κ2) is 34.2. The second-order valence-electron chi connectivity index (χ2n) is 25.9. The van der Waals surface area contributed by atoms with Crippen LogP contribution in [0.4, 0.5) is 29.1 Å². The van der Waals surface area contributed by atoms with Gasteiger partial charge in [-0.15, -0.1) is 0 Å². The average Bonchev–Trinajstić information content (AvgIpc) is 2.25. The molecule has 9 aromatic heterocycles. The number of ether oxygens (including phenoxy) is 5. The Hall–Kier alpha value is -7.36. The van der Waals surface area contributed by atoms with Crippen LogP contribution in [0.25, 0.3) is 44.7 Å². The standard InChI is InChI=1S/C49H65N23O41P8/c50-21-1-2-68(49(78)67-21)44-29(76)31(107-114(79,80)81)19(105-44)6-99-116(85,86)108-32-20(106-45(30(32)77)69-12-63-22-36(51)55-8-59-40(22)69)7-100-119(91,92)111-34-27(74)17(103-47(34)71-14-65-24-38(53)57-10-61-42(24)71)4-97-117(87,88)109-33-26(73)16(102-46(33)70-13-64-23-37(52)56-9-60-41(23)70)3-98-118(89,90)110-35-28(75)18(5-101-120(93,94)113-121(95,96)112-115(82,83)84)104-48(35)72-15-66-25-39(54)58-11-62-43(25)72/h1-2,8-20,26-35,44-48,73-77H,3-7H2,(H,85,86)(H,87,88)(H,89,90)(H,91,92)(H,93,94)(H,95,96)(H2,50,67,78)(H2,51,55,59)(H2,52,56,60)(H2,53,57,61)(H2,54,58,62)(H2,79,80,81)(H2,82,83,84)/t16-,17-,18-,19-,20-,26-,27-,28-,29-,30-,31-,32-,33-,34-,35-,44-,45-,46-,47-,48-/m1/s1. The van der Waals surface area contributed by atoms with Crippen LogP contribution >= 0.6 is 62.6 Å². The summed E-state index contributed by atoms with van der Waals surface area (Å²) in [5, 5.41) is 58.8. The first-order chi connectivity index (χ1) is 56.6. The highest BCUT2D eigenvalue weighted by Crippen LogP contribution is 2.67. The summed E-state index contributed by atoms with van der Waals surface area (Å²) in [5.74, 6) is -1.23. The van der Waals surface area contributed by atoms with E-state index in [1.54, 1.807) is 0 Å². The van der Waals surface area contributed by atoms with Gasteiger partial charge in [0, 0.05) is 6.20 Å². The summed E-state index contributed by atoms with van der Waals surface area (Å²) < 4.78 is 199. The largest absolute Gasteiger partial charge is 0.490 e. The first-order valence-electron chi connectivity index (χ1n) is 33.5. The van der Waals surface area contributed by atoms with Crippen molar-refractivity contribution in [1.82, 2.24) is 87.6 Å². The molecular weight excluding hydrogens is 1810 g/mol. The summed E-state index contributed by atoms with van der Waals surface area (Å²) in [6, 6.07) is 1.08. The Kier molecular flexibility index (Phi) is 25.4. The van der Waals surface area contributed by atoms with Crippen LogP contribution in [0.3, 0.4) is 0 Å². The van der Waals surface area contributed by atoms with E-state index in [1.807, 2.05) is 0 Å². The van der Waals surface area contributed by atoms with E-state index in [-0.39, 0.29) is 73.7 Å². The topological polar surface area (TPSA) is 936 Å². The minimum Gasteiger partial charge on any atom is -0.387 e. The molecule has 0 radical (unpaired) electrons. The molecule has 14 heterocycles. The lowest BCUT2D eigenvalue weighted by atomic mass is 10.1. The van der Waals surface area contributed by atoms with Crippen LogP contribution in [-0.2, 0) is 114 Å².